The zero-order chi connectivity index (χ0) is 17.0. The first kappa shape index (κ1) is 17.4. The number of benzene rings is 1. The summed E-state index contributed by atoms with van der Waals surface area (Å²) in [5.41, 5.74) is -0.126. The van der Waals surface area contributed by atoms with Crippen molar-refractivity contribution in [2.24, 2.45) is 5.41 Å². The van der Waals surface area contributed by atoms with Crippen LogP contribution in [0.1, 0.15) is 27.2 Å². The molecule has 0 saturated heterocycles. The number of rotatable bonds is 3. The standard InChI is InChI=1S/C16H21ClN2O4/c1-16(2,3)15(21)18-9-14(20)19-11-8-13-12(7-10(11)17)22-5-4-6-23-13/h7-8H,4-6,9H2,1-3H3,(H,18,21)(H,19,20). The molecule has 2 amide bonds. The Labute approximate surface area is 140 Å². The van der Waals surface area contributed by atoms with Crippen LogP contribution in [-0.4, -0.2) is 31.6 Å². The van der Waals surface area contributed by atoms with Crippen molar-refractivity contribution in [2.45, 2.75) is 27.2 Å². The van der Waals surface area contributed by atoms with Crippen molar-refractivity contribution in [3.63, 3.8) is 0 Å². The van der Waals surface area contributed by atoms with E-state index in [4.69, 9.17) is 21.1 Å². The highest BCUT2D eigenvalue weighted by molar-refractivity contribution is 6.34. The summed E-state index contributed by atoms with van der Waals surface area (Å²) in [6.07, 6.45) is 0.785. The van der Waals surface area contributed by atoms with E-state index in [1.807, 2.05) is 0 Å². The van der Waals surface area contributed by atoms with Gasteiger partial charge in [-0.2, -0.15) is 0 Å². The van der Waals surface area contributed by atoms with E-state index < -0.39 is 5.41 Å². The number of nitrogens with one attached hydrogen (secondary N) is 2. The summed E-state index contributed by atoms with van der Waals surface area (Å²) in [5.74, 6) is 0.545. The van der Waals surface area contributed by atoms with Crippen LogP contribution in [0.5, 0.6) is 11.5 Å². The largest absolute Gasteiger partial charge is 0.490 e. The summed E-state index contributed by atoms with van der Waals surface area (Å²) in [6.45, 7) is 6.32. The highest BCUT2D eigenvalue weighted by Crippen LogP contribution is 2.37. The molecule has 0 spiro atoms. The smallest absolute Gasteiger partial charge is 0.243 e. The average molecular weight is 341 g/mol. The van der Waals surface area contributed by atoms with Crippen molar-refractivity contribution in [1.82, 2.24) is 5.32 Å². The van der Waals surface area contributed by atoms with Crippen LogP contribution in [0.3, 0.4) is 0 Å². The highest BCUT2D eigenvalue weighted by atomic mass is 35.5. The van der Waals surface area contributed by atoms with Gasteiger partial charge in [0.25, 0.3) is 0 Å². The van der Waals surface area contributed by atoms with E-state index >= 15 is 0 Å². The lowest BCUT2D eigenvalue weighted by atomic mass is 9.96. The maximum atomic E-state index is 12.0. The molecular weight excluding hydrogens is 320 g/mol. The first-order valence-corrected chi connectivity index (χ1v) is 7.82. The monoisotopic (exact) mass is 340 g/mol. The zero-order valence-corrected chi connectivity index (χ0v) is 14.3. The molecule has 7 heteroatoms. The molecule has 1 heterocycles. The van der Waals surface area contributed by atoms with Crippen molar-refractivity contribution in [3.8, 4) is 11.5 Å². The molecule has 0 fully saturated rings. The first-order valence-electron chi connectivity index (χ1n) is 7.44. The normalized spacial score (nSPS) is 13.9. The number of halogens is 1. The molecule has 126 valence electrons. The number of carbonyl (C=O) groups is 2. The number of hydrogen-bond donors (Lipinski definition) is 2. The molecule has 0 saturated carbocycles. The Morgan fingerprint density at radius 3 is 2.39 bits per heavy atom. The number of ether oxygens (including phenoxy) is 2. The quantitative estimate of drug-likeness (QED) is 0.886. The maximum Gasteiger partial charge on any atom is 0.243 e. The fourth-order valence-corrected chi connectivity index (χ4v) is 2.10. The Balaban J connectivity index is 2.01. The minimum absolute atomic E-state index is 0.124. The minimum atomic E-state index is -0.548. The fourth-order valence-electron chi connectivity index (χ4n) is 1.90. The van der Waals surface area contributed by atoms with Crippen molar-refractivity contribution in [3.05, 3.63) is 17.2 Å². The molecule has 0 unspecified atom stereocenters. The summed E-state index contributed by atoms with van der Waals surface area (Å²) in [5, 5.41) is 5.60. The third kappa shape index (κ3) is 4.76. The third-order valence-electron chi connectivity index (χ3n) is 3.20. The summed E-state index contributed by atoms with van der Waals surface area (Å²) >= 11 is 6.16. The molecule has 1 aromatic rings. The SMILES string of the molecule is CC(C)(C)C(=O)NCC(=O)Nc1cc2c(cc1Cl)OCCCO2. The lowest BCUT2D eigenvalue weighted by molar-refractivity contribution is -0.130. The molecule has 0 atom stereocenters. The molecule has 0 aliphatic carbocycles. The van der Waals surface area contributed by atoms with Gasteiger partial charge in [0.05, 0.1) is 30.5 Å². The summed E-state index contributed by atoms with van der Waals surface area (Å²) in [6, 6.07) is 3.25. The van der Waals surface area contributed by atoms with Gasteiger partial charge < -0.3 is 20.1 Å². The topological polar surface area (TPSA) is 76.7 Å². The van der Waals surface area contributed by atoms with Crippen LogP contribution in [0.25, 0.3) is 0 Å². The Morgan fingerprint density at radius 1 is 1.17 bits per heavy atom. The van der Waals surface area contributed by atoms with Crippen molar-refractivity contribution in [2.75, 3.05) is 25.1 Å². The number of carbonyl (C=O) groups excluding carboxylic acids is 2. The number of anilines is 1. The van der Waals surface area contributed by atoms with Crippen molar-refractivity contribution >= 4 is 29.1 Å². The molecule has 2 rings (SSSR count). The van der Waals surface area contributed by atoms with Crippen LogP contribution in [-0.2, 0) is 9.59 Å². The second-order valence-electron chi connectivity index (χ2n) is 6.31. The van der Waals surface area contributed by atoms with E-state index in [0.29, 0.717) is 35.4 Å². The molecule has 0 aromatic heterocycles. The van der Waals surface area contributed by atoms with E-state index in [0.717, 1.165) is 6.42 Å². The lowest BCUT2D eigenvalue weighted by Crippen LogP contribution is -2.39. The van der Waals surface area contributed by atoms with Crippen molar-refractivity contribution in [1.29, 1.82) is 0 Å². The van der Waals surface area contributed by atoms with Gasteiger partial charge in [-0.05, 0) is 0 Å². The molecular formula is C16H21ClN2O4. The number of fused-ring (bicyclic) bond motifs is 1. The Morgan fingerprint density at radius 2 is 1.78 bits per heavy atom. The van der Waals surface area contributed by atoms with Crippen LogP contribution < -0.4 is 20.1 Å². The van der Waals surface area contributed by atoms with E-state index in [1.54, 1.807) is 32.9 Å². The van der Waals surface area contributed by atoms with Gasteiger partial charge in [0, 0.05) is 24.0 Å². The second kappa shape index (κ2) is 7.08. The van der Waals surface area contributed by atoms with Gasteiger partial charge in [0.1, 0.15) is 0 Å². The molecule has 6 nitrogen and oxygen atoms in total. The van der Waals surface area contributed by atoms with E-state index in [-0.39, 0.29) is 18.4 Å². The van der Waals surface area contributed by atoms with E-state index in [2.05, 4.69) is 10.6 Å². The van der Waals surface area contributed by atoms with Gasteiger partial charge in [-0.1, -0.05) is 32.4 Å². The van der Waals surface area contributed by atoms with Gasteiger partial charge in [-0.3, -0.25) is 9.59 Å². The van der Waals surface area contributed by atoms with Gasteiger partial charge in [0.15, 0.2) is 11.5 Å². The van der Waals surface area contributed by atoms with Crippen molar-refractivity contribution < 1.29 is 19.1 Å². The van der Waals surface area contributed by atoms with Gasteiger partial charge >= 0.3 is 0 Å². The predicted molar refractivity (Wildman–Crippen MR) is 88.2 cm³/mol. The summed E-state index contributed by atoms with van der Waals surface area (Å²) < 4.78 is 11.1. The van der Waals surface area contributed by atoms with Crippen LogP contribution in [0.4, 0.5) is 5.69 Å². The summed E-state index contributed by atoms with van der Waals surface area (Å²) in [7, 11) is 0. The predicted octanol–water partition coefficient (Wildman–Crippen LogP) is 2.60. The molecule has 0 bridgehead atoms. The van der Waals surface area contributed by atoms with Crippen LogP contribution in [0.15, 0.2) is 12.1 Å². The minimum Gasteiger partial charge on any atom is -0.490 e. The van der Waals surface area contributed by atoms with E-state index in [9.17, 15) is 9.59 Å². The van der Waals surface area contributed by atoms with Gasteiger partial charge in [0.2, 0.25) is 11.8 Å². The fraction of sp³-hybridized carbons (Fsp3) is 0.500. The highest BCUT2D eigenvalue weighted by Gasteiger charge is 2.22. The maximum absolute atomic E-state index is 12.0. The van der Waals surface area contributed by atoms with Crippen LogP contribution >= 0.6 is 11.6 Å². The molecule has 2 N–H and O–H groups in total. The zero-order valence-electron chi connectivity index (χ0n) is 13.5. The number of hydrogen-bond acceptors (Lipinski definition) is 4. The lowest BCUT2D eigenvalue weighted by Gasteiger charge is -2.17. The van der Waals surface area contributed by atoms with Gasteiger partial charge in [-0.15, -0.1) is 0 Å². The molecule has 1 aliphatic heterocycles. The molecule has 0 radical (unpaired) electrons. The molecule has 23 heavy (non-hydrogen) atoms. The Bertz CT molecular complexity index is 611. The first-order chi connectivity index (χ1) is 10.8. The molecule has 1 aliphatic rings. The average Bonchev–Trinajstić information content (AvgIpc) is 2.69. The third-order valence-corrected chi connectivity index (χ3v) is 3.51. The Hall–Kier alpha value is -1.95. The molecule has 1 aromatic carbocycles. The van der Waals surface area contributed by atoms with Gasteiger partial charge in [-0.25, -0.2) is 0 Å². The second-order valence-corrected chi connectivity index (χ2v) is 6.72. The number of amides is 2. The van der Waals surface area contributed by atoms with Crippen LogP contribution in [0, 0.1) is 5.41 Å². The summed E-state index contributed by atoms with van der Waals surface area (Å²) in [4.78, 5) is 23.7. The Kier molecular flexibility index (Phi) is 5.36. The van der Waals surface area contributed by atoms with Crippen LogP contribution in [0.2, 0.25) is 5.02 Å². The van der Waals surface area contributed by atoms with E-state index in [1.165, 1.54) is 0 Å².